The Morgan fingerprint density at radius 3 is 2.78 bits per heavy atom. The number of hydrogen-bond acceptors (Lipinski definition) is 5. The number of aromatic nitrogens is 3. The summed E-state index contributed by atoms with van der Waals surface area (Å²) in [6, 6.07) is 9.28. The average molecular weight is 385 g/mol. The molecule has 6 nitrogen and oxygen atoms in total. The normalized spacial score (nSPS) is 14.5. The van der Waals surface area contributed by atoms with Crippen molar-refractivity contribution in [2.75, 3.05) is 25.1 Å². The van der Waals surface area contributed by atoms with E-state index in [2.05, 4.69) is 9.88 Å². The first kappa shape index (κ1) is 17.8. The molecule has 0 bridgehead atoms. The molecule has 0 saturated carbocycles. The average Bonchev–Trinajstić information content (AvgIpc) is 3.05. The third kappa shape index (κ3) is 3.62. The topological polar surface area (TPSA) is 59.7 Å². The van der Waals surface area contributed by atoms with Crippen molar-refractivity contribution in [3.63, 3.8) is 0 Å². The Morgan fingerprint density at radius 1 is 1.19 bits per heavy atom. The highest BCUT2D eigenvalue weighted by Gasteiger charge is 2.21. The van der Waals surface area contributed by atoms with Gasteiger partial charge in [-0.25, -0.2) is 14.3 Å². The monoisotopic (exact) mass is 384 g/mol. The van der Waals surface area contributed by atoms with E-state index in [4.69, 9.17) is 21.4 Å². The zero-order chi connectivity index (χ0) is 18.8. The van der Waals surface area contributed by atoms with E-state index in [0.29, 0.717) is 17.1 Å². The van der Waals surface area contributed by atoms with Crippen LogP contribution in [0.5, 0.6) is 0 Å². The van der Waals surface area contributed by atoms with E-state index in [1.54, 1.807) is 6.07 Å². The maximum Gasteiger partial charge on any atom is 0.356 e. The molecule has 0 radical (unpaired) electrons. The molecule has 1 fully saturated rings. The smallest absolute Gasteiger partial charge is 0.356 e. The summed E-state index contributed by atoms with van der Waals surface area (Å²) < 4.78 is 6.63. The lowest BCUT2D eigenvalue weighted by molar-refractivity contribution is 0.0593. The lowest BCUT2D eigenvalue weighted by Crippen LogP contribution is -2.30. The van der Waals surface area contributed by atoms with Gasteiger partial charge < -0.3 is 9.64 Å². The summed E-state index contributed by atoms with van der Waals surface area (Å²) in [6.45, 7) is 2.00. The molecule has 3 aromatic rings. The maximum atomic E-state index is 11.8. The Labute approximate surface area is 162 Å². The van der Waals surface area contributed by atoms with E-state index < -0.39 is 5.97 Å². The van der Waals surface area contributed by atoms with Crippen LogP contribution in [0.1, 0.15) is 41.0 Å². The minimum atomic E-state index is -0.431. The molecule has 4 heterocycles. The van der Waals surface area contributed by atoms with Crippen molar-refractivity contribution in [2.24, 2.45) is 0 Å². The molecule has 0 amide bonds. The Bertz CT molecular complexity index is 979. The van der Waals surface area contributed by atoms with Crippen LogP contribution in [-0.4, -0.2) is 40.8 Å². The number of anilines is 1. The molecule has 0 aliphatic carbocycles. The molecule has 140 valence electrons. The van der Waals surface area contributed by atoms with Crippen LogP contribution in [0.4, 0.5) is 5.82 Å². The second-order valence-electron chi connectivity index (χ2n) is 6.71. The van der Waals surface area contributed by atoms with E-state index >= 15 is 0 Å². The van der Waals surface area contributed by atoms with Crippen LogP contribution in [0.25, 0.3) is 5.52 Å². The molecule has 0 spiro atoms. The van der Waals surface area contributed by atoms with Gasteiger partial charge in [0.2, 0.25) is 0 Å². The lowest BCUT2D eigenvalue weighted by atomic mass is 10.1. The summed E-state index contributed by atoms with van der Waals surface area (Å²) in [6.07, 6.45) is 6.01. The molecular weight excluding hydrogens is 364 g/mol. The molecule has 27 heavy (non-hydrogen) atoms. The number of carbonyl (C=O) groups excluding carboxylic acids is 1. The quantitative estimate of drug-likeness (QED) is 0.641. The Kier molecular flexibility index (Phi) is 4.99. The molecule has 0 N–H and O–H groups in total. The zero-order valence-corrected chi connectivity index (χ0v) is 15.9. The number of piperidine rings is 1. The summed E-state index contributed by atoms with van der Waals surface area (Å²) in [4.78, 5) is 18.6. The highest BCUT2D eigenvalue weighted by molar-refractivity contribution is 6.30. The number of fused-ring (bicyclic) bond motifs is 1. The van der Waals surface area contributed by atoms with E-state index in [-0.39, 0.29) is 0 Å². The van der Waals surface area contributed by atoms with Gasteiger partial charge in [0.1, 0.15) is 5.69 Å². The number of ether oxygens (including phenoxy) is 1. The zero-order valence-electron chi connectivity index (χ0n) is 15.2. The van der Waals surface area contributed by atoms with Crippen molar-refractivity contribution in [2.45, 2.75) is 25.7 Å². The molecule has 3 aromatic heterocycles. The summed E-state index contributed by atoms with van der Waals surface area (Å²) in [7, 11) is 1.36. The summed E-state index contributed by atoms with van der Waals surface area (Å²) in [5.41, 5.74) is 3.23. The van der Waals surface area contributed by atoms with Crippen molar-refractivity contribution >= 4 is 28.9 Å². The van der Waals surface area contributed by atoms with Crippen LogP contribution >= 0.6 is 11.6 Å². The van der Waals surface area contributed by atoms with Gasteiger partial charge in [0.05, 0.1) is 17.6 Å². The van der Waals surface area contributed by atoms with Gasteiger partial charge in [-0.05, 0) is 43.5 Å². The van der Waals surface area contributed by atoms with Gasteiger partial charge in [-0.15, -0.1) is 5.10 Å². The van der Waals surface area contributed by atoms with E-state index in [0.717, 1.165) is 35.7 Å². The molecule has 1 saturated heterocycles. The van der Waals surface area contributed by atoms with Crippen molar-refractivity contribution in [3.8, 4) is 0 Å². The van der Waals surface area contributed by atoms with Crippen LogP contribution in [-0.2, 0) is 11.2 Å². The van der Waals surface area contributed by atoms with Gasteiger partial charge in [0.15, 0.2) is 5.82 Å². The summed E-state index contributed by atoms with van der Waals surface area (Å²) in [5, 5.41) is 5.45. The summed E-state index contributed by atoms with van der Waals surface area (Å²) in [5.74, 6) is 0.544. The molecule has 7 heteroatoms. The second kappa shape index (κ2) is 7.56. The Morgan fingerprint density at radius 2 is 2.00 bits per heavy atom. The standard InChI is InChI=1S/C20H21ClN4O2/c1-27-20(26)17-7-5-6-15(22-17)12-16-18-9-8-14(21)13-25(18)23-19(16)24-10-3-2-4-11-24/h5-9,13H,2-4,10-12H2,1H3. The second-order valence-corrected chi connectivity index (χ2v) is 7.15. The van der Waals surface area contributed by atoms with Crippen molar-refractivity contribution in [1.29, 1.82) is 0 Å². The minimum absolute atomic E-state index is 0.314. The third-order valence-corrected chi connectivity index (χ3v) is 5.11. The minimum Gasteiger partial charge on any atom is -0.464 e. The number of esters is 1. The molecule has 1 aliphatic rings. The van der Waals surface area contributed by atoms with Gasteiger partial charge in [0, 0.05) is 37.0 Å². The molecule has 4 rings (SSSR count). The Hall–Kier alpha value is -2.60. The van der Waals surface area contributed by atoms with Crippen LogP contribution < -0.4 is 4.90 Å². The molecule has 0 atom stereocenters. The molecule has 0 unspecified atom stereocenters. The fourth-order valence-corrected chi connectivity index (χ4v) is 3.73. The van der Waals surface area contributed by atoms with Crippen LogP contribution in [0.15, 0.2) is 36.5 Å². The summed E-state index contributed by atoms with van der Waals surface area (Å²) >= 11 is 6.16. The first-order valence-corrected chi connectivity index (χ1v) is 9.49. The van der Waals surface area contributed by atoms with Gasteiger partial charge in [0.25, 0.3) is 0 Å². The third-order valence-electron chi connectivity index (χ3n) is 4.89. The van der Waals surface area contributed by atoms with Crippen molar-refractivity contribution in [3.05, 3.63) is 58.5 Å². The van der Waals surface area contributed by atoms with Gasteiger partial charge in [-0.1, -0.05) is 17.7 Å². The molecule has 1 aliphatic heterocycles. The number of rotatable bonds is 4. The number of methoxy groups -OCH3 is 1. The SMILES string of the molecule is COC(=O)c1cccc(Cc2c(N3CCCCC3)nn3cc(Cl)ccc23)n1. The number of carbonyl (C=O) groups is 1. The number of halogens is 1. The number of hydrogen-bond donors (Lipinski definition) is 0. The Balaban J connectivity index is 1.76. The van der Waals surface area contributed by atoms with Gasteiger partial charge in [-0.2, -0.15) is 0 Å². The lowest BCUT2D eigenvalue weighted by Gasteiger charge is -2.27. The predicted octanol–water partition coefficient (Wildman–Crippen LogP) is 3.75. The first-order chi connectivity index (χ1) is 13.2. The molecule has 0 aromatic carbocycles. The highest BCUT2D eigenvalue weighted by Crippen LogP contribution is 2.29. The van der Waals surface area contributed by atoms with E-state index in [9.17, 15) is 4.79 Å². The highest BCUT2D eigenvalue weighted by atomic mass is 35.5. The van der Waals surface area contributed by atoms with Crippen LogP contribution in [0.3, 0.4) is 0 Å². The van der Waals surface area contributed by atoms with Crippen molar-refractivity contribution < 1.29 is 9.53 Å². The first-order valence-electron chi connectivity index (χ1n) is 9.11. The van der Waals surface area contributed by atoms with Gasteiger partial charge in [-0.3, -0.25) is 0 Å². The van der Waals surface area contributed by atoms with E-state index in [1.807, 2.05) is 35.0 Å². The van der Waals surface area contributed by atoms with Crippen LogP contribution in [0.2, 0.25) is 5.02 Å². The predicted molar refractivity (Wildman–Crippen MR) is 105 cm³/mol. The number of pyridine rings is 2. The van der Waals surface area contributed by atoms with Crippen molar-refractivity contribution in [1.82, 2.24) is 14.6 Å². The fourth-order valence-electron chi connectivity index (χ4n) is 3.57. The maximum absolute atomic E-state index is 11.8. The van der Waals surface area contributed by atoms with Crippen LogP contribution in [0, 0.1) is 0 Å². The number of nitrogens with zero attached hydrogens (tertiary/aromatic N) is 4. The van der Waals surface area contributed by atoms with Gasteiger partial charge >= 0.3 is 5.97 Å². The molecular formula is C20H21ClN4O2. The fraction of sp³-hybridized carbons (Fsp3) is 0.350. The largest absolute Gasteiger partial charge is 0.464 e. The van der Waals surface area contributed by atoms with E-state index in [1.165, 1.54) is 26.4 Å².